The Bertz CT molecular complexity index is 707. The van der Waals surface area contributed by atoms with E-state index in [0.29, 0.717) is 58.9 Å². The number of rotatable bonds is 8. The van der Waals surface area contributed by atoms with Crippen LogP contribution in [0.2, 0.25) is 0 Å². The Morgan fingerprint density at radius 3 is 0.738 bits per heavy atom. The first-order valence-corrected chi connectivity index (χ1v) is 18.3. The number of ether oxygens (including phenoxy) is 4. The van der Waals surface area contributed by atoms with Crippen LogP contribution in [0.4, 0.5) is 0 Å². The summed E-state index contributed by atoms with van der Waals surface area (Å²) >= 11 is 0. The number of hydrogen-bond acceptors (Lipinski definition) is 4. The lowest BCUT2D eigenvalue weighted by molar-refractivity contribution is -0.137. The molecule has 0 radical (unpaired) electrons. The van der Waals surface area contributed by atoms with Gasteiger partial charge in [0.15, 0.2) is 0 Å². The van der Waals surface area contributed by atoms with Gasteiger partial charge in [0.2, 0.25) is 0 Å². The Balaban J connectivity index is 1.43. The number of hydrogen-bond donors (Lipinski definition) is 0. The van der Waals surface area contributed by atoms with E-state index in [0.717, 1.165) is 23.7 Å². The molecule has 0 aromatic carbocycles. The second kappa shape index (κ2) is 14.1. The molecule has 244 valence electrons. The molecular formula is C38H68O4. The van der Waals surface area contributed by atoms with E-state index in [1.165, 1.54) is 103 Å². The molecule has 5 aliphatic carbocycles. The van der Waals surface area contributed by atoms with Gasteiger partial charge in [0, 0.05) is 28.4 Å². The predicted octanol–water partition coefficient (Wildman–Crippen LogP) is 9.34. The Labute approximate surface area is 260 Å². The van der Waals surface area contributed by atoms with Crippen LogP contribution in [0.15, 0.2) is 0 Å². The molecule has 0 spiro atoms. The molecule has 42 heavy (non-hydrogen) atoms. The van der Waals surface area contributed by atoms with Gasteiger partial charge in [-0.3, -0.25) is 0 Å². The Morgan fingerprint density at radius 1 is 0.357 bits per heavy atom. The molecule has 0 aliphatic heterocycles. The van der Waals surface area contributed by atoms with Crippen LogP contribution in [0, 0.1) is 58.2 Å². The average Bonchev–Trinajstić information content (AvgIpc) is 3.01. The van der Waals surface area contributed by atoms with Crippen LogP contribution in [0.1, 0.15) is 130 Å². The van der Waals surface area contributed by atoms with Crippen LogP contribution in [-0.2, 0) is 18.9 Å². The molecule has 0 N–H and O–H groups in total. The van der Waals surface area contributed by atoms with Crippen molar-refractivity contribution in [1.82, 2.24) is 0 Å². The van der Waals surface area contributed by atoms with Gasteiger partial charge in [0.1, 0.15) is 0 Å². The zero-order valence-corrected chi connectivity index (χ0v) is 28.9. The van der Waals surface area contributed by atoms with Crippen molar-refractivity contribution in [3.8, 4) is 0 Å². The van der Waals surface area contributed by atoms with Crippen LogP contribution >= 0.6 is 0 Å². The molecule has 0 amide bonds. The minimum absolute atomic E-state index is 0.457. The van der Waals surface area contributed by atoms with Crippen molar-refractivity contribution in [2.24, 2.45) is 58.2 Å². The fraction of sp³-hybridized carbons (Fsp3) is 1.00. The molecule has 12 atom stereocenters. The van der Waals surface area contributed by atoms with E-state index in [4.69, 9.17) is 18.9 Å². The van der Waals surface area contributed by atoms with Gasteiger partial charge in [-0.2, -0.15) is 0 Å². The molecule has 0 heterocycles. The fourth-order valence-corrected chi connectivity index (χ4v) is 12.4. The van der Waals surface area contributed by atoms with Crippen LogP contribution in [0.25, 0.3) is 0 Å². The molecule has 0 saturated heterocycles. The first-order valence-electron chi connectivity index (χ1n) is 18.3. The van der Waals surface area contributed by atoms with E-state index in [2.05, 4.69) is 27.7 Å². The summed E-state index contributed by atoms with van der Waals surface area (Å²) in [6, 6.07) is 0. The molecule has 5 saturated carbocycles. The summed E-state index contributed by atoms with van der Waals surface area (Å²) in [5.41, 5.74) is 1.02. The molecular weight excluding hydrogens is 520 g/mol. The quantitative estimate of drug-likeness (QED) is 0.283. The third-order valence-corrected chi connectivity index (χ3v) is 14.9. The largest absolute Gasteiger partial charge is 0.381 e. The summed E-state index contributed by atoms with van der Waals surface area (Å²) < 4.78 is 23.9. The van der Waals surface area contributed by atoms with Gasteiger partial charge in [-0.1, -0.05) is 27.7 Å². The zero-order chi connectivity index (χ0) is 30.1. The van der Waals surface area contributed by atoms with Gasteiger partial charge < -0.3 is 18.9 Å². The first kappa shape index (κ1) is 33.2. The van der Waals surface area contributed by atoms with Crippen LogP contribution < -0.4 is 0 Å². The molecule has 5 fully saturated rings. The van der Waals surface area contributed by atoms with Crippen molar-refractivity contribution in [3.05, 3.63) is 0 Å². The Hall–Kier alpha value is -0.160. The molecule has 5 rings (SSSR count). The third-order valence-electron chi connectivity index (χ3n) is 14.9. The SMILES string of the molecule is COC1CCC(C2(C3CCC(OC)C(C)C3)CCC(C3CCC(OC)C(C)C3)(C3CCC(OC)C(C)C3)CC2)CC1C. The Kier molecular flexibility index (Phi) is 11.1. The van der Waals surface area contributed by atoms with Gasteiger partial charge in [-0.25, -0.2) is 0 Å². The van der Waals surface area contributed by atoms with Crippen LogP contribution in [0.5, 0.6) is 0 Å². The van der Waals surface area contributed by atoms with Gasteiger partial charge in [0.25, 0.3) is 0 Å². The van der Waals surface area contributed by atoms with Gasteiger partial charge in [-0.15, -0.1) is 0 Å². The average molecular weight is 589 g/mol. The van der Waals surface area contributed by atoms with Crippen molar-refractivity contribution >= 4 is 0 Å². The van der Waals surface area contributed by atoms with Crippen molar-refractivity contribution in [3.63, 3.8) is 0 Å². The van der Waals surface area contributed by atoms with E-state index >= 15 is 0 Å². The molecule has 4 nitrogen and oxygen atoms in total. The second-order valence-electron chi connectivity index (χ2n) is 16.5. The number of methoxy groups -OCH3 is 4. The minimum atomic E-state index is 0.457. The summed E-state index contributed by atoms with van der Waals surface area (Å²) in [5, 5.41) is 0. The second-order valence-corrected chi connectivity index (χ2v) is 16.5. The molecule has 0 aromatic heterocycles. The lowest BCUT2D eigenvalue weighted by Crippen LogP contribution is -2.53. The molecule has 0 bridgehead atoms. The molecule has 0 aromatic rings. The van der Waals surface area contributed by atoms with Crippen LogP contribution in [-0.4, -0.2) is 52.9 Å². The maximum Gasteiger partial charge on any atom is 0.0597 e. The van der Waals surface area contributed by atoms with E-state index in [1.54, 1.807) is 0 Å². The highest BCUT2D eigenvalue weighted by atomic mass is 16.5. The first-order chi connectivity index (χ1) is 20.2. The van der Waals surface area contributed by atoms with Crippen molar-refractivity contribution in [2.75, 3.05) is 28.4 Å². The van der Waals surface area contributed by atoms with Crippen LogP contribution in [0.3, 0.4) is 0 Å². The lowest BCUT2D eigenvalue weighted by Gasteiger charge is -2.61. The highest BCUT2D eigenvalue weighted by Crippen LogP contribution is 2.66. The van der Waals surface area contributed by atoms with E-state index < -0.39 is 0 Å². The Morgan fingerprint density at radius 2 is 0.571 bits per heavy atom. The van der Waals surface area contributed by atoms with Gasteiger partial charge >= 0.3 is 0 Å². The monoisotopic (exact) mass is 589 g/mol. The highest BCUT2D eigenvalue weighted by Gasteiger charge is 2.57. The predicted molar refractivity (Wildman–Crippen MR) is 173 cm³/mol. The summed E-state index contributed by atoms with van der Waals surface area (Å²) in [6.07, 6.45) is 23.7. The standard InChI is InChI=1S/C38H68O4/c1-25-21-29(9-13-33(25)39-5)37(30-10-14-34(40-6)26(2)22-30)17-19-38(20-18-37,31-11-15-35(41-7)27(3)23-31)32-12-16-36(42-8)28(4)24-32/h25-36H,9-24H2,1-8H3. The lowest BCUT2D eigenvalue weighted by atomic mass is 9.44. The van der Waals surface area contributed by atoms with E-state index in [1.807, 2.05) is 28.4 Å². The fourth-order valence-electron chi connectivity index (χ4n) is 12.4. The molecule has 5 aliphatic rings. The van der Waals surface area contributed by atoms with E-state index in [9.17, 15) is 0 Å². The topological polar surface area (TPSA) is 36.9 Å². The van der Waals surface area contributed by atoms with Crippen molar-refractivity contribution in [2.45, 2.75) is 155 Å². The zero-order valence-electron chi connectivity index (χ0n) is 28.9. The van der Waals surface area contributed by atoms with Crippen molar-refractivity contribution < 1.29 is 18.9 Å². The summed E-state index contributed by atoms with van der Waals surface area (Å²) in [5.74, 6) is 6.17. The molecule has 12 unspecified atom stereocenters. The molecule has 4 heteroatoms. The summed E-state index contributed by atoms with van der Waals surface area (Å²) in [7, 11) is 7.77. The van der Waals surface area contributed by atoms with Gasteiger partial charge in [0.05, 0.1) is 24.4 Å². The summed E-state index contributed by atoms with van der Waals surface area (Å²) in [6.45, 7) is 9.93. The smallest absolute Gasteiger partial charge is 0.0597 e. The van der Waals surface area contributed by atoms with Crippen molar-refractivity contribution in [1.29, 1.82) is 0 Å². The summed E-state index contributed by atoms with van der Waals surface area (Å²) in [4.78, 5) is 0. The van der Waals surface area contributed by atoms with Gasteiger partial charge in [-0.05, 0) is 161 Å². The third kappa shape index (κ3) is 6.28. The maximum absolute atomic E-state index is 5.97. The maximum atomic E-state index is 5.97. The highest BCUT2D eigenvalue weighted by molar-refractivity contribution is 5.07. The van der Waals surface area contributed by atoms with E-state index in [-0.39, 0.29) is 0 Å². The minimum Gasteiger partial charge on any atom is -0.381 e. The normalized spacial score (nSPS) is 50.9.